The number of nitrogens with one attached hydrogen (secondary N) is 1. The van der Waals surface area contributed by atoms with Gasteiger partial charge in [0.2, 0.25) is 0 Å². The highest BCUT2D eigenvalue weighted by Gasteiger charge is 2.12. The Morgan fingerprint density at radius 1 is 1.28 bits per heavy atom. The SMILES string of the molecule is CCOc1ccc(CCC2CCNCC2)cc1C. The van der Waals surface area contributed by atoms with E-state index in [9.17, 15) is 0 Å². The quantitative estimate of drug-likeness (QED) is 0.861. The summed E-state index contributed by atoms with van der Waals surface area (Å²) < 4.78 is 5.58. The third-order valence-electron chi connectivity index (χ3n) is 3.84. The highest BCUT2D eigenvalue weighted by atomic mass is 16.5. The lowest BCUT2D eigenvalue weighted by molar-refractivity contribution is 0.337. The molecule has 1 N–H and O–H groups in total. The lowest BCUT2D eigenvalue weighted by atomic mass is 9.91. The van der Waals surface area contributed by atoms with Crippen LogP contribution in [-0.2, 0) is 6.42 Å². The second-order valence-corrected chi connectivity index (χ2v) is 5.26. The standard InChI is InChI=1S/C16H25NO/c1-3-18-16-7-6-15(12-13(16)2)5-4-14-8-10-17-11-9-14/h6-7,12,14,17H,3-5,8-11H2,1-2H3. The number of ether oxygens (including phenoxy) is 1. The van der Waals surface area contributed by atoms with Crippen LogP contribution < -0.4 is 10.1 Å². The molecule has 0 aromatic heterocycles. The minimum Gasteiger partial charge on any atom is -0.494 e. The molecule has 0 spiro atoms. The maximum absolute atomic E-state index is 5.58. The summed E-state index contributed by atoms with van der Waals surface area (Å²) in [5, 5.41) is 3.43. The molecule has 2 heteroatoms. The highest BCUT2D eigenvalue weighted by Crippen LogP contribution is 2.23. The van der Waals surface area contributed by atoms with Gasteiger partial charge in [0.05, 0.1) is 6.61 Å². The predicted molar refractivity (Wildman–Crippen MR) is 76.3 cm³/mol. The summed E-state index contributed by atoms with van der Waals surface area (Å²) in [6, 6.07) is 6.63. The molecule has 1 fully saturated rings. The molecule has 1 aliphatic heterocycles. The first-order valence-electron chi connectivity index (χ1n) is 7.22. The van der Waals surface area contributed by atoms with Crippen molar-refractivity contribution in [2.75, 3.05) is 19.7 Å². The average molecular weight is 247 g/mol. The zero-order valence-electron chi connectivity index (χ0n) is 11.7. The van der Waals surface area contributed by atoms with Crippen LogP contribution in [-0.4, -0.2) is 19.7 Å². The normalized spacial score (nSPS) is 16.8. The third kappa shape index (κ3) is 3.74. The second kappa shape index (κ2) is 6.79. The second-order valence-electron chi connectivity index (χ2n) is 5.26. The van der Waals surface area contributed by atoms with Gasteiger partial charge in [-0.15, -0.1) is 0 Å². The smallest absolute Gasteiger partial charge is 0.122 e. The van der Waals surface area contributed by atoms with Gasteiger partial charge in [-0.2, -0.15) is 0 Å². The van der Waals surface area contributed by atoms with E-state index < -0.39 is 0 Å². The van der Waals surface area contributed by atoms with Crippen LogP contribution in [0.1, 0.15) is 37.3 Å². The molecule has 0 bridgehead atoms. The van der Waals surface area contributed by atoms with Gasteiger partial charge in [0, 0.05) is 0 Å². The Morgan fingerprint density at radius 3 is 2.72 bits per heavy atom. The summed E-state index contributed by atoms with van der Waals surface area (Å²) in [4.78, 5) is 0. The number of aryl methyl sites for hydroxylation is 2. The van der Waals surface area contributed by atoms with Crippen LogP contribution in [0.15, 0.2) is 18.2 Å². The maximum Gasteiger partial charge on any atom is 0.122 e. The average Bonchev–Trinajstić information content (AvgIpc) is 2.41. The third-order valence-corrected chi connectivity index (χ3v) is 3.84. The van der Waals surface area contributed by atoms with E-state index in [0.29, 0.717) is 0 Å². The van der Waals surface area contributed by atoms with Gasteiger partial charge in [-0.25, -0.2) is 0 Å². The Balaban J connectivity index is 1.87. The van der Waals surface area contributed by atoms with Gasteiger partial charge in [0.25, 0.3) is 0 Å². The van der Waals surface area contributed by atoms with Crippen molar-refractivity contribution in [3.8, 4) is 5.75 Å². The van der Waals surface area contributed by atoms with Gasteiger partial charge in [0.1, 0.15) is 5.75 Å². The van der Waals surface area contributed by atoms with Crippen molar-refractivity contribution in [2.24, 2.45) is 5.92 Å². The molecule has 1 aromatic rings. The zero-order chi connectivity index (χ0) is 12.8. The molecule has 2 nitrogen and oxygen atoms in total. The molecule has 0 radical (unpaired) electrons. The van der Waals surface area contributed by atoms with Crippen molar-refractivity contribution in [3.63, 3.8) is 0 Å². The highest BCUT2D eigenvalue weighted by molar-refractivity contribution is 5.36. The van der Waals surface area contributed by atoms with E-state index in [1.54, 1.807) is 0 Å². The topological polar surface area (TPSA) is 21.3 Å². The minimum absolute atomic E-state index is 0.745. The largest absolute Gasteiger partial charge is 0.494 e. The van der Waals surface area contributed by atoms with E-state index in [4.69, 9.17) is 4.74 Å². The number of rotatable bonds is 5. The lowest BCUT2D eigenvalue weighted by Gasteiger charge is -2.22. The fraction of sp³-hybridized carbons (Fsp3) is 0.625. The summed E-state index contributed by atoms with van der Waals surface area (Å²) in [5.41, 5.74) is 2.72. The van der Waals surface area contributed by atoms with E-state index in [2.05, 4.69) is 30.4 Å². The Morgan fingerprint density at radius 2 is 2.06 bits per heavy atom. The Kier molecular flexibility index (Phi) is 5.06. The van der Waals surface area contributed by atoms with Gasteiger partial charge in [-0.3, -0.25) is 0 Å². The number of hydrogen-bond donors (Lipinski definition) is 1. The summed E-state index contributed by atoms with van der Waals surface area (Å²) in [7, 11) is 0. The summed E-state index contributed by atoms with van der Waals surface area (Å²) >= 11 is 0. The maximum atomic E-state index is 5.58. The van der Waals surface area contributed by atoms with Crippen molar-refractivity contribution in [1.82, 2.24) is 5.32 Å². The van der Waals surface area contributed by atoms with Crippen LogP contribution in [0, 0.1) is 12.8 Å². The van der Waals surface area contributed by atoms with E-state index in [0.717, 1.165) is 18.3 Å². The summed E-state index contributed by atoms with van der Waals surface area (Å²) in [5.74, 6) is 1.95. The molecule has 1 aliphatic rings. The van der Waals surface area contributed by atoms with Gasteiger partial charge >= 0.3 is 0 Å². The Labute approximate surface area is 111 Å². The molecule has 1 saturated heterocycles. The first kappa shape index (κ1) is 13.4. The molecule has 0 unspecified atom stereocenters. The molecule has 2 rings (SSSR count). The van der Waals surface area contributed by atoms with Crippen molar-refractivity contribution in [1.29, 1.82) is 0 Å². The Bertz CT molecular complexity index is 369. The number of benzene rings is 1. The van der Waals surface area contributed by atoms with E-state index in [1.165, 1.54) is 49.9 Å². The van der Waals surface area contributed by atoms with Crippen molar-refractivity contribution < 1.29 is 4.74 Å². The minimum atomic E-state index is 0.745. The van der Waals surface area contributed by atoms with Crippen molar-refractivity contribution in [3.05, 3.63) is 29.3 Å². The zero-order valence-corrected chi connectivity index (χ0v) is 11.7. The lowest BCUT2D eigenvalue weighted by Crippen LogP contribution is -2.27. The monoisotopic (exact) mass is 247 g/mol. The number of piperidine rings is 1. The molecular weight excluding hydrogens is 222 g/mol. The first-order valence-corrected chi connectivity index (χ1v) is 7.22. The van der Waals surface area contributed by atoms with Gasteiger partial charge in [0.15, 0.2) is 0 Å². The van der Waals surface area contributed by atoms with E-state index >= 15 is 0 Å². The molecular formula is C16H25NO. The van der Waals surface area contributed by atoms with Crippen LogP contribution in [0.25, 0.3) is 0 Å². The van der Waals surface area contributed by atoms with Crippen LogP contribution in [0.3, 0.4) is 0 Å². The molecule has 18 heavy (non-hydrogen) atoms. The molecule has 100 valence electrons. The molecule has 0 saturated carbocycles. The molecule has 0 aliphatic carbocycles. The molecule has 1 heterocycles. The number of hydrogen-bond acceptors (Lipinski definition) is 2. The van der Waals surface area contributed by atoms with Gasteiger partial charge < -0.3 is 10.1 Å². The predicted octanol–water partition coefficient (Wildman–Crippen LogP) is 3.33. The molecule has 0 atom stereocenters. The fourth-order valence-corrected chi connectivity index (χ4v) is 2.73. The van der Waals surface area contributed by atoms with E-state index in [1.807, 2.05) is 6.92 Å². The summed E-state index contributed by atoms with van der Waals surface area (Å²) in [6.45, 7) is 7.32. The first-order chi connectivity index (χ1) is 8.79. The Hall–Kier alpha value is -1.02. The van der Waals surface area contributed by atoms with Gasteiger partial charge in [-0.1, -0.05) is 12.1 Å². The van der Waals surface area contributed by atoms with Crippen LogP contribution in [0.2, 0.25) is 0 Å². The van der Waals surface area contributed by atoms with Crippen LogP contribution in [0.4, 0.5) is 0 Å². The summed E-state index contributed by atoms with van der Waals surface area (Å²) in [6.07, 6.45) is 5.22. The van der Waals surface area contributed by atoms with Gasteiger partial charge in [-0.05, 0) is 75.7 Å². The van der Waals surface area contributed by atoms with Crippen molar-refractivity contribution in [2.45, 2.75) is 39.5 Å². The van der Waals surface area contributed by atoms with E-state index in [-0.39, 0.29) is 0 Å². The van der Waals surface area contributed by atoms with Crippen LogP contribution >= 0.6 is 0 Å². The molecule has 1 aromatic carbocycles. The fourth-order valence-electron chi connectivity index (χ4n) is 2.73. The van der Waals surface area contributed by atoms with Crippen molar-refractivity contribution >= 4 is 0 Å². The van der Waals surface area contributed by atoms with Crippen LogP contribution in [0.5, 0.6) is 5.75 Å². The molecule has 0 amide bonds.